The van der Waals surface area contributed by atoms with Crippen molar-refractivity contribution in [3.05, 3.63) is 0 Å². The summed E-state index contributed by atoms with van der Waals surface area (Å²) in [5, 5.41) is 0. The molecule has 0 aliphatic carbocycles. The summed E-state index contributed by atoms with van der Waals surface area (Å²) in [4.78, 5) is 7.07. The van der Waals surface area contributed by atoms with Gasteiger partial charge in [0.15, 0.2) is 0 Å². The molecule has 3 nitrogen and oxygen atoms in total. The molecule has 0 atom stereocenters. The maximum absolute atomic E-state index is 2.36. The molecule has 0 rings (SSSR count). The van der Waals surface area contributed by atoms with Gasteiger partial charge in [-0.2, -0.15) is 0 Å². The van der Waals surface area contributed by atoms with Gasteiger partial charge in [0, 0.05) is 0 Å². The molecule has 164 valence electrons. The van der Waals surface area contributed by atoms with E-state index in [2.05, 4.69) is 63.9 Å². The number of hydrogen-bond acceptors (Lipinski definition) is 3. The first kappa shape index (κ1) is 26.9. The van der Waals surface area contributed by atoms with Crippen molar-refractivity contribution in [1.82, 2.24) is 14.7 Å². The van der Waals surface area contributed by atoms with Crippen LogP contribution in [0, 0.1) is 0 Å². The van der Waals surface area contributed by atoms with E-state index in [0.29, 0.717) is 0 Å². The second-order valence-corrected chi connectivity index (χ2v) is 9.16. The van der Waals surface area contributed by atoms with Crippen LogP contribution in [0.2, 0.25) is 0 Å². The minimum Gasteiger partial charge on any atom is -0.279 e. The third kappa shape index (κ3) is 11.5. The quantitative estimate of drug-likeness (QED) is 0.184. The van der Waals surface area contributed by atoms with Gasteiger partial charge in [-0.25, -0.2) is 0 Å². The molecule has 0 N–H and O–H groups in total. The average molecular weight is 384 g/mol. The molecular weight excluding hydrogens is 330 g/mol. The van der Waals surface area contributed by atoms with E-state index in [1.54, 1.807) is 0 Å². The van der Waals surface area contributed by atoms with E-state index in [9.17, 15) is 0 Å². The number of rotatable bonds is 19. The van der Waals surface area contributed by atoms with Gasteiger partial charge in [0.05, 0.1) is 0 Å². The van der Waals surface area contributed by atoms with Crippen molar-refractivity contribution >= 4 is 0 Å². The molecule has 0 amide bonds. The fourth-order valence-corrected chi connectivity index (χ4v) is 4.60. The molecule has 0 unspecified atom stereocenters. The molecule has 0 bridgehead atoms. The summed E-state index contributed by atoms with van der Waals surface area (Å²) in [5.74, 6) is 0.0382. The van der Waals surface area contributed by atoms with Crippen LogP contribution < -0.4 is 0 Å². The molecule has 0 aromatic heterocycles. The smallest absolute Gasteiger partial charge is 0.129 e. The summed E-state index contributed by atoms with van der Waals surface area (Å²) in [6, 6.07) is 0. The lowest BCUT2D eigenvalue weighted by Crippen LogP contribution is -2.63. The normalized spacial score (nSPS) is 12.7. The summed E-state index contributed by atoms with van der Waals surface area (Å²) in [5.41, 5.74) is 0. The zero-order valence-corrected chi connectivity index (χ0v) is 20.2. The highest BCUT2D eigenvalue weighted by atomic mass is 15.5. The van der Waals surface area contributed by atoms with E-state index in [4.69, 9.17) is 0 Å². The molecule has 0 aliphatic heterocycles. The summed E-state index contributed by atoms with van der Waals surface area (Å²) >= 11 is 0. The Hall–Kier alpha value is -0.120. The van der Waals surface area contributed by atoms with Gasteiger partial charge in [0.1, 0.15) is 5.79 Å². The molecule has 0 radical (unpaired) electrons. The largest absolute Gasteiger partial charge is 0.279 e. The van der Waals surface area contributed by atoms with Gasteiger partial charge in [0.25, 0.3) is 0 Å². The minimum absolute atomic E-state index is 0.0382. The highest BCUT2D eigenvalue weighted by Gasteiger charge is 2.36. The molecule has 0 fully saturated rings. The number of hydrogen-bond donors (Lipinski definition) is 0. The maximum Gasteiger partial charge on any atom is 0.129 e. The van der Waals surface area contributed by atoms with Crippen LogP contribution in [0.1, 0.15) is 110 Å². The minimum atomic E-state index is 0.0382. The van der Waals surface area contributed by atoms with Crippen LogP contribution in [-0.4, -0.2) is 62.8 Å². The highest BCUT2D eigenvalue weighted by molar-refractivity contribution is 4.82. The van der Waals surface area contributed by atoms with Crippen LogP contribution in [0.25, 0.3) is 0 Å². The lowest BCUT2D eigenvalue weighted by molar-refractivity contribution is -0.115. The molecule has 0 aromatic carbocycles. The predicted molar refractivity (Wildman–Crippen MR) is 123 cm³/mol. The lowest BCUT2D eigenvalue weighted by atomic mass is 10.0. The van der Waals surface area contributed by atoms with Gasteiger partial charge < -0.3 is 0 Å². The Kier molecular flexibility index (Phi) is 16.7. The van der Waals surface area contributed by atoms with E-state index in [0.717, 1.165) is 0 Å². The van der Waals surface area contributed by atoms with Crippen LogP contribution in [-0.2, 0) is 0 Å². The standard InChI is InChI=1S/C24H53N3/c1-8-9-10-11-12-13-14-15-16-17-18-19-20-21-22-23-24(25(2)3,26(4)5)27(6)7/h8-23H2,1-7H3. The number of unbranched alkanes of at least 4 members (excludes halogenated alkanes) is 14. The Labute approximate surface area is 172 Å². The number of nitrogens with zero attached hydrogens (tertiary/aromatic N) is 3. The predicted octanol–water partition coefficient (Wildman–Crippen LogP) is 6.59. The third-order valence-corrected chi connectivity index (χ3v) is 6.26. The zero-order valence-electron chi connectivity index (χ0n) is 20.2. The highest BCUT2D eigenvalue weighted by Crippen LogP contribution is 2.25. The fourth-order valence-electron chi connectivity index (χ4n) is 4.60. The Bertz CT molecular complexity index is 291. The Balaban J connectivity index is 3.59. The van der Waals surface area contributed by atoms with Crippen LogP contribution in [0.15, 0.2) is 0 Å². The Morgan fingerprint density at radius 3 is 0.926 bits per heavy atom. The molecule has 0 spiro atoms. The molecule has 3 heteroatoms. The van der Waals surface area contributed by atoms with Gasteiger partial charge in [-0.05, 0) is 55.1 Å². The van der Waals surface area contributed by atoms with Gasteiger partial charge in [-0.3, -0.25) is 14.7 Å². The summed E-state index contributed by atoms with van der Waals surface area (Å²) in [6.07, 6.45) is 22.6. The molecular formula is C24H53N3. The maximum atomic E-state index is 2.36. The van der Waals surface area contributed by atoms with E-state index in [1.807, 2.05) is 0 Å². The molecule has 27 heavy (non-hydrogen) atoms. The Morgan fingerprint density at radius 1 is 0.407 bits per heavy atom. The van der Waals surface area contributed by atoms with Gasteiger partial charge in [-0.15, -0.1) is 0 Å². The molecule has 0 heterocycles. The molecule has 0 aromatic rings. The van der Waals surface area contributed by atoms with E-state index < -0.39 is 0 Å². The van der Waals surface area contributed by atoms with Crippen LogP contribution in [0.4, 0.5) is 0 Å². The van der Waals surface area contributed by atoms with Crippen LogP contribution in [0.5, 0.6) is 0 Å². The fraction of sp³-hybridized carbons (Fsp3) is 1.00. The van der Waals surface area contributed by atoms with Crippen molar-refractivity contribution in [2.45, 2.75) is 115 Å². The average Bonchev–Trinajstić information content (AvgIpc) is 2.60. The third-order valence-electron chi connectivity index (χ3n) is 6.26. The van der Waals surface area contributed by atoms with Crippen molar-refractivity contribution in [1.29, 1.82) is 0 Å². The molecule has 0 saturated heterocycles. The first-order chi connectivity index (χ1) is 12.9. The summed E-state index contributed by atoms with van der Waals surface area (Å²) in [6.45, 7) is 2.30. The van der Waals surface area contributed by atoms with E-state index in [-0.39, 0.29) is 5.79 Å². The first-order valence-corrected chi connectivity index (χ1v) is 11.9. The van der Waals surface area contributed by atoms with Gasteiger partial charge in [0.2, 0.25) is 0 Å². The van der Waals surface area contributed by atoms with Crippen LogP contribution >= 0.6 is 0 Å². The van der Waals surface area contributed by atoms with Crippen molar-refractivity contribution in [2.75, 3.05) is 42.3 Å². The van der Waals surface area contributed by atoms with Crippen molar-refractivity contribution in [2.24, 2.45) is 0 Å². The SMILES string of the molecule is CCCCCCCCCCCCCCCCCC(N(C)C)(N(C)C)N(C)C. The Morgan fingerprint density at radius 2 is 0.667 bits per heavy atom. The first-order valence-electron chi connectivity index (χ1n) is 11.9. The summed E-state index contributed by atoms with van der Waals surface area (Å²) < 4.78 is 0. The lowest BCUT2D eigenvalue weighted by Gasteiger charge is -2.50. The van der Waals surface area contributed by atoms with Crippen molar-refractivity contribution in [3.8, 4) is 0 Å². The van der Waals surface area contributed by atoms with Gasteiger partial charge in [-0.1, -0.05) is 96.8 Å². The van der Waals surface area contributed by atoms with E-state index in [1.165, 1.54) is 103 Å². The van der Waals surface area contributed by atoms with E-state index >= 15 is 0 Å². The molecule has 0 saturated carbocycles. The zero-order chi connectivity index (χ0) is 20.5. The second kappa shape index (κ2) is 16.8. The van der Waals surface area contributed by atoms with Gasteiger partial charge >= 0.3 is 0 Å². The van der Waals surface area contributed by atoms with Crippen molar-refractivity contribution in [3.63, 3.8) is 0 Å². The monoisotopic (exact) mass is 383 g/mol. The van der Waals surface area contributed by atoms with Crippen molar-refractivity contribution < 1.29 is 0 Å². The topological polar surface area (TPSA) is 9.72 Å². The summed E-state index contributed by atoms with van der Waals surface area (Å²) in [7, 11) is 13.2. The molecule has 0 aliphatic rings. The second-order valence-electron chi connectivity index (χ2n) is 9.16. The van der Waals surface area contributed by atoms with Crippen LogP contribution in [0.3, 0.4) is 0 Å².